The first kappa shape index (κ1) is 15.8. The van der Waals surface area contributed by atoms with Crippen molar-refractivity contribution in [2.75, 3.05) is 0 Å². The molecule has 0 radical (unpaired) electrons. The molecule has 1 unspecified atom stereocenters. The van der Waals surface area contributed by atoms with E-state index in [1.54, 1.807) is 6.07 Å². The van der Waals surface area contributed by atoms with Gasteiger partial charge in [-0.3, -0.25) is 14.9 Å². The summed E-state index contributed by atoms with van der Waals surface area (Å²) in [5.41, 5.74) is 2.05. The van der Waals surface area contributed by atoms with Crippen LogP contribution in [0.5, 0.6) is 0 Å². The fraction of sp³-hybridized carbons (Fsp3) is 0.188. The van der Waals surface area contributed by atoms with E-state index >= 15 is 0 Å². The maximum atomic E-state index is 12.4. The normalized spacial score (nSPS) is 16.0. The molecule has 1 N–H and O–H groups in total. The molecule has 1 aliphatic rings. The molecule has 2 aromatic rings. The molecule has 3 rings (SSSR count). The van der Waals surface area contributed by atoms with E-state index in [1.165, 1.54) is 18.2 Å². The monoisotopic (exact) mass is 350 g/mol. The van der Waals surface area contributed by atoms with Crippen LogP contribution in [0.3, 0.4) is 0 Å². The fourth-order valence-corrected chi connectivity index (χ4v) is 3.17. The lowest BCUT2D eigenvalue weighted by Crippen LogP contribution is -2.27. The Morgan fingerprint density at radius 3 is 2.74 bits per heavy atom. The van der Waals surface area contributed by atoms with Crippen LogP contribution in [0.1, 0.15) is 33.9 Å². The van der Waals surface area contributed by atoms with E-state index in [1.807, 2.05) is 12.1 Å². The number of nitrogens with one attached hydrogen (secondary N) is 1. The first-order valence-corrected chi connectivity index (χ1v) is 7.74. The Labute approximate surface area is 142 Å². The van der Waals surface area contributed by atoms with Gasteiger partial charge in [-0.1, -0.05) is 29.3 Å². The van der Waals surface area contributed by atoms with Crippen LogP contribution in [0.25, 0.3) is 0 Å². The topological polar surface area (TPSA) is 72.2 Å². The van der Waals surface area contributed by atoms with E-state index in [9.17, 15) is 14.9 Å². The maximum absolute atomic E-state index is 12.4. The standard InChI is InChI=1S/C16H12Cl2N2O3/c17-10-2-4-12-9(7-10)1-6-15(12)19-16(21)13-8-11(20(22)23)3-5-14(13)18/h2-5,7-8,15H,1,6H2,(H,19,21). The Balaban J connectivity index is 1.84. The highest BCUT2D eigenvalue weighted by Gasteiger charge is 2.25. The highest BCUT2D eigenvalue weighted by molar-refractivity contribution is 6.34. The molecular formula is C16H12Cl2N2O3. The third-order valence-corrected chi connectivity index (χ3v) is 4.46. The molecule has 0 aromatic heterocycles. The molecule has 0 fully saturated rings. The number of nitro groups is 1. The fourth-order valence-electron chi connectivity index (χ4n) is 2.77. The summed E-state index contributed by atoms with van der Waals surface area (Å²) in [6.45, 7) is 0. The van der Waals surface area contributed by atoms with E-state index in [0.717, 1.165) is 24.0 Å². The van der Waals surface area contributed by atoms with Crippen LogP contribution in [0.4, 0.5) is 5.69 Å². The lowest BCUT2D eigenvalue weighted by molar-refractivity contribution is -0.384. The summed E-state index contributed by atoms with van der Waals surface area (Å²) in [6.07, 6.45) is 1.58. The van der Waals surface area contributed by atoms with Crippen LogP contribution in [-0.4, -0.2) is 10.8 Å². The van der Waals surface area contributed by atoms with Crippen LogP contribution in [0.2, 0.25) is 10.0 Å². The van der Waals surface area contributed by atoms with Crippen molar-refractivity contribution in [3.05, 3.63) is 73.2 Å². The minimum Gasteiger partial charge on any atom is -0.345 e. The molecule has 1 aliphatic carbocycles. The van der Waals surface area contributed by atoms with Gasteiger partial charge in [0.2, 0.25) is 0 Å². The molecule has 0 aliphatic heterocycles. The number of halogens is 2. The molecule has 1 atom stereocenters. The molecule has 118 valence electrons. The van der Waals surface area contributed by atoms with Crippen LogP contribution in [0, 0.1) is 10.1 Å². The van der Waals surface area contributed by atoms with Gasteiger partial charge in [0.1, 0.15) is 0 Å². The molecule has 7 heteroatoms. The molecule has 1 amide bonds. The highest BCUT2D eigenvalue weighted by atomic mass is 35.5. The van der Waals surface area contributed by atoms with Gasteiger partial charge in [-0.15, -0.1) is 0 Å². The minimum absolute atomic E-state index is 0.100. The summed E-state index contributed by atoms with van der Waals surface area (Å²) in [4.78, 5) is 22.7. The van der Waals surface area contributed by atoms with Crippen molar-refractivity contribution in [1.82, 2.24) is 5.32 Å². The summed E-state index contributed by atoms with van der Waals surface area (Å²) in [5, 5.41) is 14.6. The summed E-state index contributed by atoms with van der Waals surface area (Å²) in [5.74, 6) is -0.425. The van der Waals surface area contributed by atoms with E-state index in [4.69, 9.17) is 23.2 Å². The number of carbonyl (C=O) groups is 1. The predicted octanol–water partition coefficient (Wildman–Crippen LogP) is 4.32. The van der Waals surface area contributed by atoms with Crippen molar-refractivity contribution in [2.45, 2.75) is 18.9 Å². The minimum atomic E-state index is -0.556. The van der Waals surface area contributed by atoms with Gasteiger partial charge in [0.15, 0.2) is 0 Å². The van der Waals surface area contributed by atoms with Gasteiger partial charge in [0.25, 0.3) is 11.6 Å². The smallest absolute Gasteiger partial charge is 0.270 e. The zero-order chi connectivity index (χ0) is 16.6. The van der Waals surface area contributed by atoms with Gasteiger partial charge in [0.05, 0.1) is 21.6 Å². The quantitative estimate of drug-likeness (QED) is 0.661. The van der Waals surface area contributed by atoms with Gasteiger partial charge in [-0.25, -0.2) is 0 Å². The average Bonchev–Trinajstić information content (AvgIpc) is 2.89. The zero-order valence-corrected chi connectivity index (χ0v) is 13.4. The Kier molecular flexibility index (Phi) is 4.24. The van der Waals surface area contributed by atoms with Crippen LogP contribution >= 0.6 is 23.2 Å². The first-order valence-electron chi connectivity index (χ1n) is 6.99. The van der Waals surface area contributed by atoms with Gasteiger partial charge < -0.3 is 5.32 Å². The molecule has 0 saturated heterocycles. The van der Waals surface area contributed by atoms with Crippen LogP contribution in [-0.2, 0) is 6.42 Å². The Hall–Kier alpha value is -2.11. The Morgan fingerprint density at radius 1 is 1.22 bits per heavy atom. The lowest BCUT2D eigenvalue weighted by Gasteiger charge is -2.15. The summed E-state index contributed by atoms with van der Waals surface area (Å²) < 4.78 is 0. The van der Waals surface area contributed by atoms with Crippen molar-refractivity contribution < 1.29 is 9.72 Å². The van der Waals surface area contributed by atoms with Crippen molar-refractivity contribution in [1.29, 1.82) is 0 Å². The third kappa shape index (κ3) is 3.16. The largest absolute Gasteiger partial charge is 0.345 e. The molecule has 5 nitrogen and oxygen atoms in total. The summed E-state index contributed by atoms with van der Waals surface area (Å²) in [7, 11) is 0. The SMILES string of the molecule is O=C(NC1CCc2cc(Cl)ccc21)c1cc([N+](=O)[O-])ccc1Cl. The number of aryl methyl sites for hydroxylation is 1. The molecular weight excluding hydrogens is 339 g/mol. The Bertz CT molecular complexity index is 808. The van der Waals surface area contributed by atoms with E-state index < -0.39 is 10.8 Å². The molecule has 0 bridgehead atoms. The van der Waals surface area contributed by atoms with Crippen LogP contribution in [0.15, 0.2) is 36.4 Å². The number of rotatable bonds is 3. The summed E-state index contributed by atoms with van der Waals surface area (Å²) >= 11 is 12.0. The first-order chi connectivity index (χ1) is 11.0. The predicted molar refractivity (Wildman–Crippen MR) is 88.1 cm³/mol. The van der Waals surface area contributed by atoms with E-state index in [0.29, 0.717) is 5.02 Å². The van der Waals surface area contributed by atoms with E-state index in [-0.39, 0.29) is 22.3 Å². The third-order valence-electron chi connectivity index (χ3n) is 3.89. The molecule has 0 heterocycles. The second kappa shape index (κ2) is 6.18. The molecule has 0 saturated carbocycles. The number of amides is 1. The molecule has 23 heavy (non-hydrogen) atoms. The van der Waals surface area contributed by atoms with Gasteiger partial charge >= 0.3 is 0 Å². The number of fused-ring (bicyclic) bond motifs is 1. The van der Waals surface area contributed by atoms with Crippen LogP contribution < -0.4 is 5.32 Å². The van der Waals surface area contributed by atoms with E-state index in [2.05, 4.69) is 5.32 Å². The van der Waals surface area contributed by atoms with Crippen molar-refractivity contribution in [3.63, 3.8) is 0 Å². The number of non-ortho nitro benzene ring substituents is 1. The van der Waals surface area contributed by atoms with Gasteiger partial charge in [-0.05, 0) is 42.2 Å². The maximum Gasteiger partial charge on any atom is 0.270 e. The Morgan fingerprint density at radius 2 is 2.00 bits per heavy atom. The second-order valence-corrected chi connectivity index (χ2v) is 6.17. The lowest BCUT2D eigenvalue weighted by atomic mass is 10.1. The molecule has 2 aromatic carbocycles. The van der Waals surface area contributed by atoms with Gasteiger partial charge in [-0.2, -0.15) is 0 Å². The van der Waals surface area contributed by atoms with Crippen molar-refractivity contribution in [2.24, 2.45) is 0 Å². The number of benzene rings is 2. The number of carbonyl (C=O) groups excluding carboxylic acids is 1. The number of nitro benzene ring substituents is 1. The number of nitrogens with zero attached hydrogens (tertiary/aromatic N) is 1. The highest BCUT2D eigenvalue weighted by Crippen LogP contribution is 2.33. The zero-order valence-electron chi connectivity index (χ0n) is 11.9. The van der Waals surface area contributed by atoms with Crippen molar-refractivity contribution in [3.8, 4) is 0 Å². The number of hydrogen-bond acceptors (Lipinski definition) is 3. The summed E-state index contributed by atoms with van der Waals surface area (Å²) in [6, 6.07) is 9.24. The second-order valence-electron chi connectivity index (χ2n) is 5.33. The molecule has 0 spiro atoms. The number of hydrogen-bond donors (Lipinski definition) is 1. The van der Waals surface area contributed by atoms with Crippen molar-refractivity contribution >= 4 is 34.8 Å². The average molecular weight is 351 g/mol. The van der Waals surface area contributed by atoms with Gasteiger partial charge in [0, 0.05) is 17.2 Å².